The topological polar surface area (TPSA) is 97.5 Å². The zero-order valence-corrected chi connectivity index (χ0v) is 9.13. The summed E-state index contributed by atoms with van der Waals surface area (Å²) in [6.07, 6.45) is 0. The second-order valence-electron chi connectivity index (χ2n) is 3.20. The molecule has 0 unspecified atom stereocenters. The molecule has 5 nitrogen and oxygen atoms in total. The Morgan fingerprint density at radius 2 is 1.80 bits per heavy atom. The van der Waals surface area contributed by atoms with Crippen molar-refractivity contribution in [1.29, 1.82) is 0 Å². The van der Waals surface area contributed by atoms with Crippen molar-refractivity contribution in [2.24, 2.45) is 5.73 Å². The fourth-order valence-corrected chi connectivity index (χ4v) is 2.12. The Kier molecular flexibility index (Phi) is 2.83. The number of nitrogens with two attached hydrogens (primary N) is 1. The molecular formula is C9H11NO4S. The van der Waals surface area contributed by atoms with E-state index in [9.17, 15) is 13.2 Å². The maximum absolute atomic E-state index is 10.9. The lowest BCUT2D eigenvalue weighted by molar-refractivity contribution is 0.0999. The maximum atomic E-state index is 10.9. The molecule has 0 aliphatic heterocycles. The molecule has 3 N–H and O–H groups in total. The molecule has 1 amide bonds. The van der Waals surface area contributed by atoms with Gasteiger partial charge in [-0.25, -0.2) is 0 Å². The monoisotopic (exact) mass is 229 g/mol. The van der Waals surface area contributed by atoms with E-state index >= 15 is 0 Å². The minimum atomic E-state index is -4.25. The summed E-state index contributed by atoms with van der Waals surface area (Å²) in [5.74, 6) is -0.627. The molecule has 82 valence electrons. The van der Waals surface area contributed by atoms with Gasteiger partial charge >= 0.3 is 0 Å². The van der Waals surface area contributed by atoms with Gasteiger partial charge in [-0.1, -0.05) is 0 Å². The van der Waals surface area contributed by atoms with Crippen molar-refractivity contribution in [3.05, 3.63) is 28.8 Å². The quantitative estimate of drug-likeness (QED) is 0.727. The van der Waals surface area contributed by atoms with Crippen LogP contribution >= 0.6 is 0 Å². The van der Waals surface area contributed by atoms with Gasteiger partial charge in [0.15, 0.2) is 0 Å². The third kappa shape index (κ3) is 2.16. The Morgan fingerprint density at radius 3 is 2.20 bits per heavy atom. The lowest BCUT2D eigenvalue weighted by Crippen LogP contribution is -2.14. The Hall–Kier alpha value is -1.40. The number of primary amides is 1. The van der Waals surface area contributed by atoms with Gasteiger partial charge < -0.3 is 5.73 Å². The minimum absolute atomic E-state index is 0.204. The summed E-state index contributed by atoms with van der Waals surface area (Å²) >= 11 is 0. The minimum Gasteiger partial charge on any atom is -0.366 e. The molecule has 0 radical (unpaired) electrons. The van der Waals surface area contributed by atoms with Crippen LogP contribution < -0.4 is 5.73 Å². The van der Waals surface area contributed by atoms with E-state index in [4.69, 9.17) is 10.3 Å². The normalized spacial score (nSPS) is 11.4. The number of hydrogen-bond acceptors (Lipinski definition) is 3. The standard InChI is InChI=1S/C9H11NO4S/c1-5-6(2)8(15(12,13)14)4-3-7(5)9(10)11/h3-4H,1-2H3,(H2,10,11)(H,12,13,14). The highest BCUT2D eigenvalue weighted by Gasteiger charge is 2.17. The second-order valence-corrected chi connectivity index (χ2v) is 4.59. The SMILES string of the molecule is Cc1c(C(N)=O)ccc(S(=O)(=O)O)c1C. The van der Waals surface area contributed by atoms with Crippen LogP contribution in [-0.2, 0) is 10.1 Å². The molecule has 0 spiro atoms. The van der Waals surface area contributed by atoms with Gasteiger partial charge in [-0.2, -0.15) is 8.42 Å². The summed E-state index contributed by atoms with van der Waals surface area (Å²) in [6, 6.07) is 2.45. The van der Waals surface area contributed by atoms with Crippen molar-refractivity contribution in [2.45, 2.75) is 18.7 Å². The van der Waals surface area contributed by atoms with Crippen molar-refractivity contribution in [3.63, 3.8) is 0 Å². The highest BCUT2D eigenvalue weighted by atomic mass is 32.2. The first-order valence-corrected chi connectivity index (χ1v) is 5.56. The molecule has 0 saturated heterocycles. The molecular weight excluding hydrogens is 218 g/mol. The van der Waals surface area contributed by atoms with Gasteiger partial charge in [0.2, 0.25) is 5.91 Å². The van der Waals surface area contributed by atoms with E-state index in [1.165, 1.54) is 13.0 Å². The van der Waals surface area contributed by atoms with E-state index in [1.807, 2.05) is 0 Å². The number of hydrogen-bond donors (Lipinski definition) is 2. The highest BCUT2D eigenvalue weighted by Crippen LogP contribution is 2.21. The van der Waals surface area contributed by atoms with Crippen LogP contribution in [0, 0.1) is 13.8 Å². The summed E-state index contributed by atoms with van der Waals surface area (Å²) in [5.41, 5.74) is 6.13. The predicted octanol–water partition coefficient (Wildman–Crippen LogP) is 0.649. The average Bonchev–Trinajstić information content (AvgIpc) is 2.06. The van der Waals surface area contributed by atoms with Crippen LogP contribution in [0.2, 0.25) is 0 Å². The third-order valence-corrected chi connectivity index (χ3v) is 3.28. The van der Waals surface area contributed by atoms with Crippen LogP contribution in [0.4, 0.5) is 0 Å². The van der Waals surface area contributed by atoms with Gasteiger partial charge in [0, 0.05) is 5.56 Å². The maximum Gasteiger partial charge on any atom is 0.294 e. The van der Waals surface area contributed by atoms with Crippen molar-refractivity contribution in [1.82, 2.24) is 0 Å². The summed E-state index contributed by atoms with van der Waals surface area (Å²) in [6.45, 7) is 3.08. The van der Waals surface area contributed by atoms with Crippen molar-refractivity contribution in [3.8, 4) is 0 Å². The molecule has 0 bridgehead atoms. The van der Waals surface area contributed by atoms with Gasteiger partial charge in [0.1, 0.15) is 0 Å². The largest absolute Gasteiger partial charge is 0.366 e. The summed E-state index contributed by atoms with van der Waals surface area (Å²) in [5, 5.41) is 0. The molecule has 15 heavy (non-hydrogen) atoms. The molecule has 0 saturated carbocycles. The van der Waals surface area contributed by atoms with Crippen LogP contribution in [0.25, 0.3) is 0 Å². The lowest BCUT2D eigenvalue weighted by atomic mass is 10.0. The van der Waals surface area contributed by atoms with Gasteiger partial charge in [-0.05, 0) is 37.1 Å². The molecule has 0 aliphatic rings. The zero-order valence-electron chi connectivity index (χ0n) is 8.31. The predicted molar refractivity (Wildman–Crippen MR) is 54.2 cm³/mol. The van der Waals surface area contributed by atoms with Gasteiger partial charge in [-0.3, -0.25) is 9.35 Å². The molecule has 0 heterocycles. The smallest absolute Gasteiger partial charge is 0.294 e. The van der Waals surface area contributed by atoms with E-state index in [0.29, 0.717) is 11.1 Å². The number of carbonyl (C=O) groups excluding carboxylic acids is 1. The zero-order chi connectivity index (χ0) is 11.8. The van der Waals surface area contributed by atoms with Gasteiger partial charge in [-0.15, -0.1) is 0 Å². The van der Waals surface area contributed by atoms with E-state index in [0.717, 1.165) is 6.07 Å². The Bertz CT molecular complexity index is 519. The molecule has 0 aliphatic carbocycles. The van der Waals surface area contributed by atoms with Crippen molar-refractivity contribution in [2.75, 3.05) is 0 Å². The van der Waals surface area contributed by atoms with Crippen LogP contribution in [-0.4, -0.2) is 18.9 Å². The first kappa shape index (κ1) is 11.7. The van der Waals surface area contributed by atoms with Gasteiger partial charge in [0.05, 0.1) is 4.90 Å². The Balaban J connectivity index is 3.55. The van der Waals surface area contributed by atoms with Crippen LogP contribution in [0.5, 0.6) is 0 Å². The second kappa shape index (κ2) is 3.63. The molecule has 0 atom stereocenters. The number of amides is 1. The average molecular weight is 229 g/mol. The van der Waals surface area contributed by atoms with E-state index in [-0.39, 0.29) is 10.5 Å². The van der Waals surface area contributed by atoms with E-state index in [1.54, 1.807) is 6.92 Å². The number of rotatable bonds is 2. The van der Waals surface area contributed by atoms with E-state index in [2.05, 4.69) is 0 Å². The van der Waals surface area contributed by atoms with Crippen LogP contribution in [0.15, 0.2) is 17.0 Å². The van der Waals surface area contributed by atoms with Crippen molar-refractivity contribution >= 4 is 16.0 Å². The molecule has 0 aromatic heterocycles. The first-order valence-electron chi connectivity index (χ1n) is 4.12. The lowest BCUT2D eigenvalue weighted by Gasteiger charge is -2.08. The Morgan fingerprint density at radius 1 is 1.27 bits per heavy atom. The van der Waals surface area contributed by atoms with Crippen LogP contribution in [0.3, 0.4) is 0 Å². The molecule has 1 aromatic rings. The summed E-state index contributed by atoms with van der Waals surface area (Å²) < 4.78 is 30.7. The summed E-state index contributed by atoms with van der Waals surface area (Å²) in [4.78, 5) is 10.7. The highest BCUT2D eigenvalue weighted by molar-refractivity contribution is 7.85. The Labute approximate surface area is 87.7 Å². The number of carbonyl (C=O) groups is 1. The van der Waals surface area contributed by atoms with E-state index < -0.39 is 16.0 Å². The fourth-order valence-electron chi connectivity index (χ4n) is 1.34. The molecule has 1 aromatic carbocycles. The van der Waals surface area contributed by atoms with Crippen LogP contribution in [0.1, 0.15) is 21.5 Å². The number of benzene rings is 1. The first-order chi connectivity index (χ1) is 6.75. The molecule has 0 fully saturated rings. The third-order valence-electron chi connectivity index (χ3n) is 2.28. The summed E-state index contributed by atoms with van der Waals surface area (Å²) in [7, 11) is -4.25. The van der Waals surface area contributed by atoms with Crippen molar-refractivity contribution < 1.29 is 17.8 Å². The fraction of sp³-hybridized carbons (Fsp3) is 0.222. The van der Waals surface area contributed by atoms with Gasteiger partial charge in [0.25, 0.3) is 10.1 Å². The molecule has 6 heteroatoms. The molecule has 1 rings (SSSR count).